The molecule has 0 bridgehead atoms. The van der Waals surface area contributed by atoms with Crippen molar-refractivity contribution in [3.63, 3.8) is 0 Å². The van der Waals surface area contributed by atoms with Crippen molar-refractivity contribution in [2.24, 2.45) is 0 Å². The molecule has 6 heteroatoms. The first-order chi connectivity index (χ1) is 12.3. The summed E-state index contributed by atoms with van der Waals surface area (Å²) in [5.74, 6) is 2.88. The van der Waals surface area contributed by atoms with Crippen LogP contribution in [0.2, 0.25) is 0 Å². The fraction of sp³-hybridized carbons (Fsp3) is 0.263. The molecule has 124 valence electrons. The average Bonchev–Trinajstić information content (AvgIpc) is 3.19. The zero-order chi connectivity index (χ0) is 17.1. The number of aromatic amines is 1. The number of H-pyrrole nitrogens is 1. The van der Waals surface area contributed by atoms with Crippen molar-refractivity contribution in [3.05, 3.63) is 60.0 Å². The summed E-state index contributed by atoms with van der Waals surface area (Å²) in [4.78, 5) is 11.4. The maximum absolute atomic E-state index is 8.90. The molecule has 2 aromatic heterocycles. The standard InChI is InChI=1S/C19H18N6/c20-11-14-8-9-17(21-12-14)25-10-4-7-16(13-25)19-22-18(23-24-19)15-5-2-1-3-6-15/h1-3,5-6,8-9,12,16H,4,7,10,13H2,(H,22,23,24)/t16-/m0/s1. The number of anilines is 1. The molecular formula is C19H18N6. The summed E-state index contributed by atoms with van der Waals surface area (Å²) in [5, 5.41) is 16.4. The minimum Gasteiger partial charge on any atom is -0.356 e. The van der Waals surface area contributed by atoms with E-state index in [2.05, 4.69) is 26.2 Å². The number of nitrogens with one attached hydrogen (secondary N) is 1. The van der Waals surface area contributed by atoms with Gasteiger partial charge in [-0.05, 0) is 25.0 Å². The van der Waals surface area contributed by atoms with Crippen LogP contribution in [0.3, 0.4) is 0 Å². The van der Waals surface area contributed by atoms with Gasteiger partial charge in [0.15, 0.2) is 5.82 Å². The number of benzene rings is 1. The van der Waals surface area contributed by atoms with Crippen LogP contribution in [0.15, 0.2) is 48.7 Å². The van der Waals surface area contributed by atoms with Crippen molar-refractivity contribution in [1.82, 2.24) is 20.2 Å². The number of rotatable bonds is 3. The summed E-state index contributed by atoms with van der Waals surface area (Å²) >= 11 is 0. The summed E-state index contributed by atoms with van der Waals surface area (Å²) in [6, 6.07) is 15.8. The Morgan fingerprint density at radius 1 is 1.16 bits per heavy atom. The van der Waals surface area contributed by atoms with Gasteiger partial charge in [-0.25, -0.2) is 9.97 Å². The molecule has 0 radical (unpaired) electrons. The summed E-state index contributed by atoms with van der Waals surface area (Å²) in [7, 11) is 0. The van der Waals surface area contributed by atoms with E-state index in [-0.39, 0.29) is 0 Å². The number of hydrogen-bond donors (Lipinski definition) is 1. The van der Waals surface area contributed by atoms with E-state index in [9.17, 15) is 0 Å². The predicted octanol–water partition coefficient (Wildman–Crippen LogP) is 3.12. The molecule has 1 saturated heterocycles. The normalized spacial score (nSPS) is 17.2. The second kappa shape index (κ2) is 6.73. The van der Waals surface area contributed by atoms with Crippen LogP contribution in [0, 0.1) is 11.3 Å². The maximum atomic E-state index is 8.90. The monoisotopic (exact) mass is 330 g/mol. The lowest BCUT2D eigenvalue weighted by Gasteiger charge is -2.32. The maximum Gasteiger partial charge on any atom is 0.181 e. The minimum atomic E-state index is 0.302. The molecule has 3 aromatic rings. The van der Waals surface area contributed by atoms with Gasteiger partial charge < -0.3 is 4.90 Å². The number of piperidine rings is 1. The van der Waals surface area contributed by atoms with Gasteiger partial charge in [-0.15, -0.1) is 0 Å². The molecule has 0 saturated carbocycles. The van der Waals surface area contributed by atoms with Crippen LogP contribution in [0.25, 0.3) is 11.4 Å². The van der Waals surface area contributed by atoms with Crippen LogP contribution >= 0.6 is 0 Å². The van der Waals surface area contributed by atoms with E-state index in [0.717, 1.165) is 49.0 Å². The van der Waals surface area contributed by atoms with Crippen molar-refractivity contribution in [3.8, 4) is 17.5 Å². The lowest BCUT2D eigenvalue weighted by atomic mass is 9.97. The summed E-state index contributed by atoms with van der Waals surface area (Å²) < 4.78 is 0. The Morgan fingerprint density at radius 2 is 2.04 bits per heavy atom. The van der Waals surface area contributed by atoms with Crippen LogP contribution < -0.4 is 4.90 Å². The lowest BCUT2D eigenvalue weighted by Crippen LogP contribution is -2.35. The fourth-order valence-electron chi connectivity index (χ4n) is 3.22. The quantitative estimate of drug-likeness (QED) is 0.798. The highest BCUT2D eigenvalue weighted by atomic mass is 15.2. The molecular weight excluding hydrogens is 312 g/mol. The van der Waals surface area contributed by atoms with Crippen molar-refractivity contribution in [2.75, 3.05) is 18.0 Å². The Hall–Kier alpha value is -3.20. The molecule has 0 amide bonds. The largest absolute Gasteiger partial charge is 0.356 e. The third-order valence-electron chi connectivity index (χ3n) is 4.54. The molecule has 6 nitrogen and oxygen atoms in total. The predicted molar refractivity (Wildman–Crippen MR) is 95.0 cm³/mol. The van der Waals surface area contributed by atoms with Crippen LogP contribution in [0.4, 0.5) is 5.82 Å². The summed E-state index contributed by atoms with van der Waals surface area (Å²) in [6.07, 6.45) is 3.78. The first kappa shape index (κ1) is 15.3. The van der Waals surface area contributed by atoms with Gasteiger partial charge in [0.2, 0.25) is 0 Å². The highest BCUT2D eigenvalue weighted by Crippen LogP contribution is 2.28. The number of hydrogen-bond acceptors (Lipinski definition) is 5. The zero-order valence-electron chi connectivity index (χ0n) is 13.8. The lowest BCUT2D eigenvalue weighted by molar-refractivity contribution is 0.490. The van der Waals surface area contributed by atoms with E-state index >= 15 is 0 Å². The molecule has 1 fully saturated rings. The molecule has 3 heterocycles. The van der Waals surface area contributed by atoms with Gasteiger partial charge in [-0.2, -0.15) is 10.4 Å². The molecule has 25 heavy (non-hydrogen) atoms. The molecule has 1 aliphatic rings. The van der Waals surface area contributed by atoms with E-state index < -0.39 is 0 Å². The minimum absolute atomic E-state index is 0.302. The molecule has 1 aromatic carbocycles. The van der Waals surface area contributed by atoms with Gasteiger partial charge in [0.25, 0.3) is 0 Å². The number of nitrogens with zero attached hydrogens (tertiary/aromatic N) is 5. The van der Waals surface area contributed by atoms with E-state index in [1.165, 1.54) is 0 Å². The van der Waals surface area contributed by atoms with E-state index in [1.54, 1.807) is 6.20 Å². The summed E-state index contributed by atoms with van der Waals surface area (Å²) in [5.41, 5.74) is 1.60. The van der Waals surface area contributed by atoms with Crippen LogP contribution in [-0.2, 0) is 0 Å². The highest BCUT2D eigenvalue weighted by Gasteiger charge is 2.25. The third-order valence-corrected chi connectivity index (χ3v) is 4.54. The third kappa shape index (κ3) is 3.22. The molecule has 1 aliphatic heterocycles. The van der Waals surface area contributed by atoms with Crippen molar-refractivity contribution >= 4 is 5.82 Å². The Labute approximate surface area is 146 Å². The topological polar surface area (TPSA) is 81.5 Å². The molecule has 1 N–H and O–H groups in total. The van der Waals surface area contributed by atoms with Crippen molar-refractivity contribution < 1.29 is 0 Å². The van der Waals surface area contributed by atoms with E-state index in [4.69, 9.17) is 10.2 Å². The SMILES string of the molecule is N#Cc1ccc(N2CCC[C@H](c3nc(-c4ccccc4)n[nH]3)C2)nc1. The second-order valence-corrected chi connectivity index (χ2v) is 6.21. The van der Waals surface area contributed by atoms with Crippen LogP contribution in [-0.4, -0.2) is 33.3 Å². The van der Waals surface area contributed by atoms with Gasteiger partial charge in [0.1, 0.15) is 17.7 Å². The summed E-state index contributed by atoms with van der Waals surface area (Å²) in [6.45, 7) is 1.82. The first-order valence-electron chi connectivity index (χ1n) is 8.42. The first-order valence-corrected chi connectivity index (χ1v) is 8.42. The highest BCUT2D eigenvalue weighted by molar-refractivity contribution is 5.54. The van der Waals surface area contributed by atoms with Gasteiger partial charge >= 0.3 is 0 Å². The van der Waals surface area contributed by atoms with Gasteiger partial charge in [0.05, 0.1) is 5.56 Å². The molecule has 0 unspecified atom stereocenters. The van der Waals surface area contributed by atoms with Crippen molar-refractivity contribution in [2.45, 2.75) is 18.8 Å². The van der Waals surface area contributed by atoms with Gasteiger partial charge in [0, 0.05) is 30.8 Å². The Morgan fingerprint density at radius 3 is 2.80 bits per heavy atom. The fourth-order valence-corrected chi connectivity index (χ4v) is 3.22. The molecule has 1 atom stereocenters. The van der Waals surface area contributed by atoms with Crippen LogP contribution in [0.5, 0.6) is 0 Å². The van der Waals surface area contributed by atoms with E-state index in [1.807, 2.05) is 42.5 Å². The average molecular weight is 330 g/mol. The zero-order valence-corrected chi connectivity index (χ0v) is 13.8. The Balaban J connectivity index is 1.51. The molecule has 0 aliphatic carbocycles. The number of pyridine rings is 1. The van der Waals surface area contributed by atoms with Crippen LogP contribution in [0.1, 0.15) is 30.1 Å². The Kier molecular flexibility index (Phi) is 4.13. The number of aromatic nitrogens is 4. The van der Waals surface area contributed by atoms with Gasteiger partial charge in [-0.1, -0.05) is 30.3 Å². The Bertz CT molecular complexity index is 878. The smallest absolute Gasteiger partial charge is 0.181 e. The molecule has 4 rings (SSSR count). The number of nitriles is 1. The second-order valence-electron chi connectivity index (χ2n) is 6.21. The van der Waals surface area contributed by atoms with Crippen molar-refractivity contribution in [1.29, 1.82) is 5.26 Å². The van der Waals surface area contributed by atoms with Gasteiger partial charge in [-0.3, -0.25) is 5.10 Å². The molecule has 0 spiro atoms. The van der Waals surface area contributed by atoms with E-state index in [0.29, 0.717) is 11.5 Å².